The third kappa shape index (κ3) is 6.58. The van der Waals surface area contributed by atoms with Crippen molar-refractivity contribution in [2.24, 2.45) is 5.41 Å². The van der Waals surface area contributed by atoms with Gasteiger partial charge in [0.2, 0.25) is 0 Å². The molecule has 0 radical (unpaired) electrons. The molecule has 0 bridgehead atoms. The molecular weight excluding hydrogens is 304 g/mol. The summed E-state index contributed by atoms with van der Waals surface area (Å²) >= 11 is 0. The van der Waals surface area contributed by atoms with Gasteiger partial charge in [-0.1, -0.05) is 13.8 Å². The molecule has 0 aromatic carbocycles. The van der Waals surface area contributed by atoms with Crippen LogP contribution in [0.3, 0.4) is 0 Å². The van der Waals surface area contributed by atoms with Gasteiger partial charge in [0.15, 0.2) is 0 Å². The minimum absolute atomic E-state index is 0.252. The largest absolute Gasteiger partial charge is 0.396 e. The number of hydrogen-bond donors (Lipinski definition) is 2. The van der Waals surface area contributed by atoms with Gasteiger partial charge in [0.05, 0.1) is 13.3 Å². The number of aliphatic hydroxyl groups is 1. The highest BCUT2D eigenvalue weighted by molar-refractivity contribution is 4.95. The van der Waals surface area contributed by atoms with Crippen LogP contribution in [-0.4, -0.2) is 105 Å². The quantitative estimate of drug-likeness (QED) is 0.618. The molecule has 2 heterocycles. The Labute approximate surface area is 148 Å². The number of piperazine rings is 2. The molecule has 2 N–H and O–H groups in total. The summed E-state index contributed by atoms with van der Waals surface area (Å²) in [5.74, 6) is 0. The number of nitrogens with zero attached hydrogens (tertiary/aromatic N) is 3. The maximum atomic E-state index is 9.42. The summed E-state index contributed by atoms with van der Waals surface area (Å²) in [6, 6.07) is 0. The van der Waals surface area contributed by atoms with Gasteiger partial charge >= 0.3 is 0 Å². The zero-order valence-corrected chi connectivity index (χ0v) is 15.8. The lowest BCUT2D eigenvalue weighted by Gasteiger charge is -2.36. The van der Waals surface area contributed by atoms with Gasteiger partial charge in [-0.15, -0.1) is 0 Å². The zero-order chi connectivity index (χ0) is 17.3. The lowest BCUT2D eigenvalue weighted by atomic mass is 10.1. The van der Waals surface area contributed by atoms with Crippen molar-refractivity contribution >= 4 is 0 Å². The molecule has 0 amide bonds. The Morgan fingerprint density at radius 2 is 1.54 bits per heavy atom. The molecule has 2 saturated heterocycles. The van der Waals surface area contributed by atoms with Crippen LogP contribution in [0, 0.1) is 5.41 Å². The second kappa shape index (κ2) is 10.7. The molecule has 142 valence electrons. The average molecular weight is 343 g/mol. The first-order chi connectivity index (χ1) is 11.8. The van der Waals surface area contributed by atoms with E-state index in [1.165, 1.54) is 12.8 Å². The first-order valence-electron chi connectivity index (χ1n) is 9.86. The fraction of sp³-hybridized carbons (Fsp3) is 1.00. The Bertz CT molecular complexity index is 325. The maximum absolute atomic E-state index is 9.42. The standard InChI is InChI=1S/C16H32N4O2.C2H6/c21-14-16(1-2-16)13-19-7-9-20(10-8-19)15-22-12-11-18-5-3-17-4-6-18;1-2/h17,21H,1-15H2;1-2H3. The number of hydrogen-bond acceptors (Lipinski definition) is 6. The number of aliphatic hydroxyl groups excluding tert-OH is 1. The lowest BCUT2D eigenvalue weighted by Crippen LogP contribution is -2.49. The summed E-state index contributed by atoms with van der Waals surface area (Å²) in [6.45, 7) is 17.0. The molecule has 6 nitrogen and oxygen atoms in total. The van der Waals surface area contributed by atoms with Crippen molar-refractivity contribution in [2.75, 3.05) is 85.4 Å². The Kier molecular flexibility index (Phi) is 8.94. The van der Waals surface area contributed by atoms with Crippen molar-refractivity contribution in [2.45, 2.75) is 26.7 Å². The first kappa shape index (κ1) is 20.1. The second-order valence-electron chi connectivity index (χ2n) is 7.18. The van der Waals surface area contributed by atoms with Crippen molar-refractivity contribution in [3.05, 3.63) is 0 Å². The van der Waals surface area contributed by atoms with Crippen LogP contribution in [0.2, 0.25) is 0 Å². The fourth-order valence-corrected chi connectivity index (χ4v) is 3.42. The molecular formula is C18H38N4O2. The van der Waals surface area contributed by atoms with E-state index in [1.54, 1.807) is 0 Å². The van der Waals surface area contributed by atoms with Gasteiger partial charge in [0.25, 0.3) is 0 Å². The maximum Gasteiger partial charge on any atom is 0.0991 e. The molecule has 0 unspecified atom stereocenters. The van der Waals surface area contributed by atoms with E-state index in [2.05, 4.69) is 20.0 Å². The van der Waals surface area contributed by atoms with Crippen LogP contribution in [0.5, 0.6) is 0 Å². The molecule has 1 saturated carbocycles. The summed E-state index contributed by atoms with van der Waals surface area (Å²) in [7, 11) is 0. The van der Waals surface area contributed by atoms with Crippen molar-refractivity contribution in [3.63, 3.8) is 0 Å². The molecule has 1 aliphatic carbocycles. The van der Waals surface area contributed by atoms with E-state index in [1.807, 2.05) is 13.8 Å². The minimum atomic E-state index is 0.252. The van der Waals surface area contributed by atoms with Crippen LogP contribution in [-0.2, 0) is 4.74 Å². The van der Waals surface area contributed by atoms with Crippen LogP contribution in [0.25, 0.3) is 0 Å². The summed E-state index contributed by atoms with van der Waals surface area (Å²) in [4.78, 5) is 7.39. The van der Waals surface area contributed by atoms with Crippen LogP contribution in [0.1, 0.15) is 26.7 Å². The van der Waals surface area contributed by atoms with Gasteiger partial charge in [-0.25, -0.2) is 0 Å². The van der Waals surface area contributed by atoms with E-state index in [0.29, 0.717) is 6.61 Å². The SMILES string of the molecule is CC.OCC1(CN2CCN(COCCN3CCNCC3)CC2)CC1. The van der Waals surface area contributed by atoms with Gasteiger partial charge in [-0.2, -0.15) is 0 Å². The van der Waals surface area contributed by atoms with E-state index >= 15 is 0 Å². The number of rotatable bonds is 8. The van der Waals surface area contributed by atoms with Gasteiger partial charge in [0, 0.05) is 77.5 Å². The molecule has 0 spiro atoms. The van der Waals surface area contributed by atoms with E-state index in [0.717, 1.165) is 78.8 Å². The third-order valence-corrected chi connectivity index (χ3v) is 5.35. The van der Waals surface area contributed by atoms with Crippen LogP contribution >= 0.6 is 0 Å². The predicted molar refractivity (Wildman–Crippen MR) is 98.2 cm³/mol. The average Bonchev–Trinajstić information content (AvgIpc) is 3.43. The van der Waals surface area contributed by atoms with E-state index in [-0.39, 0.29) is 5.41 Å². The number of ether oxygens (including phenoxy) is 1. The van der Waals surface area contributed by atoms with E-state index < -0.39 is 0 Å². The van der Waals surface area contributed by atoms with Gasteiger partial charge in [-0.3, -0.25) is 9.80 Å². The molecule has 2 aliphatic heterocycles. The van der Waals surface area contributed by atoms with Gasteiger partial charge < -0.3 is 20.1 Å². The Morgan fingerprint density at radius 3 is 2.12 bits per heavy atom. The Balaban J connectivity index is 0.00000100. The zero-order valence-electron chi connectivity index (χ0n) is 15.8. The molecule has 24 heavy (non-hydrogen) atoms. The van der Waals surface area contributed by atoms with Gasteiger partial charge in [-0.05, 0) is 12.8 Å². The van der Waals surface area contributed by atoms with E-state index in [4.69, 9.17) is 4.74 Å². The predicted octanol–water partition coefficient (Wildman–Crippen LogP) is 0.282. The highest BCUT2D eigenvalue weighted by Gasteiger charge is 2.43. The Morgan fingerprint density at radius 1 is 0.917 bits per heavy atom. The highest BCUT2D eigenvalue weighted by atomic mass is 16.5. The molecule has 3 rings (SSSR count). The fourth-order valence-electron chi connectivity index (χ4n) is 3.42. The summed E-state index contributed by atoms with van der Waals surface area (Å²) in [6.07, 6.45) is 2.41. The summed E-state index contributed by atoms with van der Waals surface area (Å²) < 4.78 is 5.85. The summed E-state index contributed by atoms with van der Waals surface area (Å²) in [5, 5.41) is 12.8. The molecule has 6 heteroatoms. The highest BCUT2D eigenvalue weighted by Crippen LogP contribution is 2.45. The van der Waals surface area contributed by atoms with E-state index in [9.17, 15) is 5.11 Å². The van der Waals surface area contributed by atoms with Gasteiger partial charge in [0.1, 0.15) is 0 Å². The first-order valence-corrected chi connectivity index (χ1v) is 9.86. The number of nitrogens with one attached hydrogen (secondary N) is 1. The van der Waals surface area contributed by atoms with Crippen LogP contribution in [0.15, 0.2) is 0 Å². The smallest absolute Gasteiger partial charge is 0.0991 e. The normalized spacial score (nSPS) is 25.1. The monoisotopic (exact) mass is 342 g/mol. The molecule has 0 aromatic rings. The van der Waals surface area contributed by atoms with Crippen molar-refractivity contribution in [1.82, 2.24) is 20.0 Å². The van der Waals surface area contributed by atoms with Crippen LogP contribution < -0.4 is 5.32 Å². The lowest BCUT2D eigenvalue weighted by molar-refractivity contribution is -0.00979. The third-order valence-electron chi connectivity index (χ3n) is 5.35. The molecule has 0 atom stereocenters. The summed E-state index contributed by atoms with van der Waals surface area (Å²) in [5.41, 5.74) is 0.252. The molecule has 3 aliphatic rings. The topological polar surface area (TPSA) is 51.2 Å². The van der Waals surface area contributed by atoms with Crippen LogP contribution in [0.4, 0.5) is 0 Å². The molecule has 3 fully saturated rings. The minimum Gasteiger partial charge on any atom is -0.396 e. The van der Waals surface area contributed by atoms with Crippen molar-refractivity contribution in [1.29, 1.82) is 0 Å². The Hall–Kier alpha value is -0.240. The second-order valence-corrected chi connectivity index (χ2v) is 7.18. The van der Waals surface area contributed by atoms with Crippen molar-refractivity contribution in [3.8, 4) is 0 Å². The van der Waals surface area contributed by atoms with Crippen molar-refractivity contribution < 1.29 is 9.84 Å². The molecule has 0 aromatic heterocycles.